The van der Waals surface area contributed by atoms with Crippen molar-refractivity contribution in [2.75, 3.05) is 19.6 Å². The fraction of sp³-hybridized carbons (Fsp3) is 0.700. The van der Waals surface area contributed by atoms with E-state index in [-0.39, 0.29) is 18.4 Å². The van der Waals surface area contributed by atoms with E-state index in [2.05, 4.69) is 35.1 Å². The molecule has 1 fully saturated rings. The average Bonchev–Trinajstić information content (AvgIpc) is 2.94. The van der Waals surface area contributed by atoms with Crippen molar-refractivity contribution in [3.8, 4) is 0 Å². The molecule has 6 N–H and O–H groups in total. The van der Waals surface area contributed by atoms with Gasteiger partial charge in [0.25, 0.3) is 0 Å². The van der Waals surface area contributed by atoms with Crippen molar-refractivity contribution < 1.29 is 10.2 Å². The molecule has 1 aromatic rings. The lowest BCUT2D eigenvalue weighted by Gasteiger charge is -2.33. The normalized spacial score (nSPS) is 26.7. The number of H-pyrrole nitrogens is 1. The van der Waals surface area contributed by atoms with E-state index in [4.69, 9.17) is 5.73 Å². The molecule has 2 aliphatic rings. The highest BCUT2D eigenvalue weighted by Gasteiger charge is 2.24. The first kappa shape index (κ1) is 19.4. The molecule has 6 heteroatoms. The summed E-state index contributed by atoms with van der Waals surface area (Å²) in [4.78, 5) is 5.67. The van der Waals surface area contributed by atoms with E-state index in [0.29, 0.717) is 19.5 Å². The van der Waals surface area contributed by atoms with Crippen LogP contribution in [0.5, 0.6) is 0 Å². The Morgan fingerprint density at radius 3 is 2.54 bits per heavy atom. The largest absolute Gasteiger partial charge is 0.392 e. The SMILES string of the molecule is CC1=C(CCCCCCN2C[C@H](O)C[C@H](O)C2)c2[nH]c(C)cc2C(N)N1. The number of rotatable bonds is 7. The lowest BCUT2D eigenvalue weighted by molar-refractivity contribution is -0.00838. The van der Waals surface area contributed by atoms with Crippen LogP contribution in [-0.2, 0) is 0 Å². The van der Waals surface area contributed by atoms with Crippen molar-refractivity contribution in [3.05, 3.63) is 28.7 Å². The van der Waals surface area contributed by atoms with Crippen LogP contribution in [0.4, 0.5) is 0 Å². The fourth-order valence-corrected chi connectivity index (χ4v) is 4.31. The van der Waals surface area contributed by atoms with Gasteiger partial charge in [-0.1, -0.05) is 12.8 Å². The lowest BCUT2D eigenvalue weighted by atomic mass is 9.95. The van der Waals surface area contributed by atoms with Gasteiger partial charge in [-0.3, -0.25) is 4.90 Å². The maximum Gasteiger partial charge on any atom is 0.102 e. The third-order valence-electron chi connectivity index (χ3n) is 5.58. The molecule has 1 aromatic heterocycles. The Morgan fingerprint density at radius 2 is 1.81 bits per heavy atom. The van der Waals surface area contributed by atoms with Gasteiger partial charge in [-0.05, 0) is 51.3 Å². The number of hydrogen-bond donors (Lipinski definition) is 5. The molecule has 0 amide bonds. The average molecular weight is 363 g/mol. The fourth-order valence-electron chi connectivity index (χ4n) is 4.31. The maximum absolute atomic E-state index is 9.74. The number of aryl methyl sites for hydroxylation is 1. The minimum Gasteiger partial charge on any atom is -0.392 e. The molecule has 3 heterocycles. The highest BCUT2D eigenvalue weighted by atomic mass is 16.3. The highest BCUT2D eigenvalue weighted by Crippen LogP contribution is 2.33. The molecular formula is C20H34N4O2. The van der Waals surface area contributed by atoms with Gasteiger partial charge in [-0.2, -0.15) is 0 Å². The number of β-amino-alcohol motifs (C(OH)–C–C–N with tert-alkyl or cyclic N) is 2. The monoisotopic (exact) mass is 362 g/mol. The van der Waals surface area contributed by atoms with Crippen LogP contribution in [0.2, 0.25) is 0 Å². The number of nitrogens with one attached hydrogen (secondary N) is 2. The summed E-state index contributed by atoms with van der Waals surface area (Å²) in [6.45, 7) is 6.55. The van der Waals surface area contributed by atoms with Crippen molar-refractivity contribution in [1.29, 1.82) is 0 Å². The Labute approximate surface area is 156 Å². The topological polar surface area (TPSA) is 97.5 Å². The number of aliphatic hydroxyl groups excluding tert-OH is 2. The Morgan fingerprint density at radius 1 is 1.12 bits per heavy atom. The summed E-state index contributed by atoms with van der Waals surface area (Å²) < 4.78 is 0. The van der Waals surface area contributed by atoms with E-state index in [0.717, 1.165) is 31.5 Å². The second-order valence-electron chi connectivity index (χ2n) is 7.98. The number of nitrogens with two attached hydrogens (primary N) is 1. The summed E-state index contributed by atoms with van der Waals surface area (Å²) in [5.74, 6) is 0. The predicted molar refractivity (Wildman–Crippen MR) is 104 cm³/mol. The first-order valence-corrected chi connectivity index (χ1v) is 9.94. The van der Waals surface area contributed by atoms with E-state index in [1.807, 2.05) is 0 Å². The molecule has 0 spiro atoms. The molecule has 3 rings (SSSR count). The van der Waals surface area contributed by atoms with Crippen LogP contribution in [-0.4, -0.2) is 51.9 Å². The summed E-state index contributed by atoms with van der Waals surface area (Å²) >= 11 is 0. The minimum atomic E-state index is -0.378. The summed E-state index contributed by atoms with van der Waals surface area (Å²) in [5.41, 5.74) is 12.3. The number of aromatic amines is 1. The van der Waals surface area contributed by atoms with Crippen molar-refractivity contribution in [2.24, 2.45) is 5.73 Å². The molecule has 0 radical (unpaired) electrons. The molecule has 0 aromatic carbocycles. The van der Waals surface area contributed by atoms with E-state index in [1.54, 1.807) is 0 Å². The van der Waals surface area contributed by atoms with Crippen LogP contribution < -0.4 is 11.1 Å². The highest BCUT2D eigenvalue weighted by molar-refractivity contribution is 5.71. The van der Waals surface area contributed by atoms with Crippen molar-refractivity contribution in [3.63, 3.8) is 0 Å². The Bertz CT molecular complexity index is 630. The van der Waals surface area contributed by atoms with Gasteiger partial charge in [-0.25, -0.2) is 0 Å². The van der Waals surface area contributed by atoms with E-state index in [9.17, 15) is 10.2 Å². The molecule has 26 heavy (non-hydrogen) atoms. The first-order valence-electron chi connectivity index (χ1n) is 9.94. The molecule has 0 bridgehead atoms. The third-order valence-corrected chi connectivity index (χ3v) is 5.58. The summed E-state index contributed by atoms with van der Waals surface area (Å²) in [5, 5.41) is 22.9. The number of allylic oxidation sites excluding steroid dienone is 2. The van der Waals surface area contributed by atoms with Crippen LogP contribution in [0.3, 0.4) is 0 Å². The smallest absolute Gasteiger partial charge is 0.102 e. The molecule has 1 unspecified atom stereocenters. The summed E-state index contributed by atoms with van der Waals surface area (Å²) in [7, 11) is 0. The number of piperidine rings is 1. The molecule has 1 saturated heterocycles. The number of unbranched alkanes of at least 4 members (excludes halogenated alkanes) is 3. The van der Waals surface area contributed by atoms with Gasteiger partial charge in [0.2, 0.25) is 0 Å². The van der Waals surface area contributed by atoms with Gasteiger partial charge in [0, 0.05) is 42.2 Å². The molecule has 6 nitrogen and oxygen atoms in total. The zero-order chi connectivity index (χ0) is 18.7. The lowest BCUT2D eigenvalue weighted by Crippen LogP contribution is -2.45. The Kier molecular flexibility index (Phi) is 6.40. The zero-order valence-corrected chi connectivity index (χ0v) is 16.1. The summed E-state index contributed by atoms with van der Waals surface area (Å²) in [6, 6.07) is 2.14. The molecule has 0 aliphatic carbocycles. The van der Waals surface area contributed by atoms with Crippen LogP contribution in [0.1, 0.15) is 68.6 Å². The summed E-state index contributed by atoms with van der Waals surface area (Å²) in [6.07, 6.45) is 5.35. The van der Waals surface area contributed by atoms with Crippen LogP contribution in [0.15, 0.2) is 11.8 Å². The number of aliphatic hydroxyl groups is 2. The minimum absolute atomic E-state index is 0.117. The Hall–Kier alpha value is -1.34. The molecule has 2 aliphatic heterocycles. The molecular weight excluding hydrogens is 328 g/mol. The number of likely N-dealkylation sites (tertiary alicyclic amines) is 1. The second-order valence-corrected chi connectivity index (χ2v) is 7.98. The number of hydrogen-bond acceptors (Lipinski definition) is 5. The van der Waals surface area contributed by atoms with Crippen molar-refractivity contribution in [1.82, 2.24) is 15.2 Å². The molecule has 3 atom stereocenters. The van der Waals surface area contributed by atoms with E-state index in [1.165, 1.54) is 35.4 Å². The number of nitrogens with zero attached hydrogens (tertiary/aromatic N) is 1. The van der Waals surface area contributed by atoms with Gasteiger partial charge in [-0.15, -0.1) is 0 Å². The first-order chi connectivity index (χ1) is 12.4. The third kappa shape index (κ3) is 4.68. The van der Waals surface area contributed by atoms with E-state index < -0.39 is 0 Å². The zero-order valence-electron chi connectivity index (χ0n) is 16.1. The van der Waals surface area contributed by atoms with Crippen molar-refractivity contribution >= 4 is 5.57 Å². The van der Waals surface area contributed by atoms with Gasteiger partial charge < -0.3 is 26.2 Å². The van der Waals surface area contributed by atoms with Gasteiger partial charge in [0.15, 0.2) is 0 Å². The molecule has 146 valence electrons. The Balaban J connectivity index is 1.40. The standard InChI is InChI=1S/C20H34N4O2/c1-13-9-18-19(22-13)17(14(2)23-20(18)21)7-5-3-4-6-8-24-11-15(25)10-16(26)12-24/h9,15-16,20,22-23,25-26H,3-8,10-12,21H2,1-2H3/t15-,16+,20?. The van der Waals surface area contributed by atoms with Crippen LogP contribution in [0, 0.1) is 6.92 Å². The van der Waals surface area contributed by atoms with Crippen LogP contribution in [0.25, 0.3) is 5.57 Å². The molecule has 0 saturated carbocycles. The quantitative estimate of drug-likeness (QED) is 0.478. The van der Waals surface area contributed by atoms with Crippen LogP contribution >= 0.6 is 0 Å². The maximum atomic E-state index is 9.74. The van der Waals surface area contributed by atoms with Gasteiger partial charge >= 0.3 is 0 Å². The number of fused-ring (bicyclic) bond motifs is 1. The predicted octanol–water partition coefficient (Wildman–Crippen LogP) is 1.99. The van der Waals surface area contributed by atoms with Gasteiger partial charge in [0.1, 0.15) is 6.17 Å². The van der Waals surface area contributed by atoms with Gasteiger partial charge in [0.05, 0.1) is 12.2 Å². The van der Waals surface area contributed by atoms with Crippen molar-refractivity contribution in [2.45, 2.75) is 70.7 Å². The van der Waals surface area contributed by atoms with E-state index >= 15 is 0 Å². The number of aromatic nitrogens is 1. The second kappa shape index (κ2) is 8.57.